The summed E-state index contributed by atoms with van der Waals surface area (Å²) < 4.78 is 0. The molecule has 0 saturated carbocycles. The number of Topliss-reactive ketones (excluding diaryl/α,β-unsaturated/α-hetero) is 4. The van der Waals surface area contributed by atoms with Crippen LogP contribution in [-0.2, 0) is 19.2 Å². The minimum atomic E-state index is -0.771. The lowest BCUT2D eigenvalue weighted by molar-refractivity contribution is -0.143. The molecule has 0 radical (unpaired) electrons. The fraction of sp³-hybridized carbons (Fsp3) is 0.714. The first kappa shape index (κ1) is 16.7. The van der Waals surface area contributed by atoms with E-state index in [0.717, 1.165) is 0 Å². The molecule has 0 spiro atoms. The molecule has 0 aromatic rings. The van der Waals surface area contributed by atoms with Crippen LogP contribution < -0.4 is 0 Å². The third-order valence-electron chi connectivity index (χ3n) is 2.63. The Kier molecular flexibility index (Phi) is 5.14. The van der Waals surface area contributed by atoms with Gasteiger partial charge in [-0.05, 0) is 0 Å². The molecule has 0 N–H and O–H groups in total. The maximum absolute atomic E-state index is 11.6. The van der Waals surface area contributed by atoms with Crippen molar-refractivity contribution in [2.45, 2.75) is 54.4 Å². The zero-order chi connectivity index (χ0) is 14.7. The summed E-state index contributed by atoms with van der Waals surface area (Å²) in [5.41, 5.74) is -1.30. The van der Waals surface area contributed by atoms with E-state index < -0.39 is 35.2 Å². The summed E-state index contributed by atoms with van der Waals surface area (Å²) >= 11 is 0. The summed E-state index contributed by atoms with van der Waals surface area (Å²) in [6.07, 6.45) is -0.834. The highest BCUT2D eigenvalue weighted by Crippen LogP contribution is 2.19. The van der Waals surface area contributed by atoms with E-state index in [9.17, 15) is 19.2 Å². The molecule has 0 aromatic carbocycles. The summed E-state index contributed by atoms with van der Waals surface area (Å²) in [7, 11) is 0. The second-order valence-electron chi connectivity index (χ2n) is 6.55. The van der Waals surface area contributed by atoms with Crippen molar-refractivity contribution >= 4 is 23.1 Å². The van der Waals surface area contributed by atoms with Gasteiger partial charge in [-0.3, -0.25) is 19.2 Å². The smallest absolute Gasteiger partial charge is 0.206 e. The van der Waals surface area contributed by atoms with Gasteiger partial charge in [0.25, 0.3) is 0 Å². The fourth-order valence-electron chi connectivity index (χ4n) is 1.02. The summed E-state index contributed by atoms with van der Waals surface area (Å²) in [6.45, 7) is 10.1. The molecule has 0 heterocycles. The third-order valence-corrected chi connectivity index (χ3v) is 2.63. The van der Waals surface area contributed by atoms with Crippen molar-refractivity contribution in [1.29, 1.82) is 0 Å². The van der Waals surface area contributed by atoms with Crippen LogP contribution in [0.15, 0.2) is 0 Å². The Labute approximate surface area is 108 Å². The Morgan fingerprint density at radius 2 is 0.833 bits per heavy atom. The molecule has 0 saturated heterocycles. The lowest BCUT2D eigenvalue weighted by atomic mass is 9.85. The summed E-state index contributed by atoms with van der Waals surface area (Å²) in [6, 6.07) is 0. The van der Waals surface area contributed by atoms with Crippen LogP contribution in [0.4, 0.5) is 0 Å². The minimum absolute atomic E-state index is 0.288. The predicted molar refractivity (Wildman–Crippen MR) is 68.2 cm³/mol. The Balaban J connectivity index is 4.52. The molecule has 18 heavy (non-hydrogen) atoms. The van der Waals surface area contributed by atoms with Gasteiger partial charge in [0.2, 0.25) is 11.6 Å². The predicted octanol–water partition coefficient (Wildman–Crippen LogP) is 2.14. The highest BCUT2D eigenvalue weighted by Gasteiger charge is 2.30. The van der Waals surface area contributed by atoms with E-state index in [0.29, 0.717) is 0 Å². The van der Waals surface area contributed by atoms with Crippen molar-refractivity contribution in [2.75, 3.05) is 0 Å². The molecule has 0 aliphatic rings. The average molecular weight is 254 g/mol. The number of hydrogen-bond acceptors (Lipinski definition) is 4. The van der Waals surface area contributed by atoms with E-state index in [2.05, 4.69) is 0 Å². The number of hydrogen-bond donors (Lipinski definition) is 0. The second kappa shape index (κ2) is 5.55. The first-order valence-corrected chi connectivity index (χ1v) is 5.98. The van der Waals surface area contributed by atoms with E-state index in [-0.39, 0.29) is 11.6 Å². The van der Waals surface area contributed by atoms with Gasteiger partial charge >= 0.3 is 0 Å². The first-order valence-electron chi connectivity index (χ1n) is 5.98. The van der Waals surface area contributed by atoms with Crippen molar-refractivity contribution in [2.24, 2.45) is 10.8 Å². The summed E-state index contributed by atoms with van der Waals surface area (Å²) in [4.78, 5) is 46.3. The van der Waals surface area contributed by atoms with Gasteiger partial charge in [0.05, 0.1) is 12.8 Å². The van der Waals surface area contributed by atoms with Gasteiger partial charge in [-0.15, -0.1) is 0 Å². The van der Waals surface area contributed by atoms with Crippen LogP contribution in [0.2, 0.25) is 0 Å². The molecule has 0 rings (SSSR count). The van der Waals surface area contributed by atoms with Crippen molar-refractivity contribution < 1.29 is 19.2 Å². The Bertz CT molecular complexity index is 340. The Morgan fingerprint density at radius 3 is 1.00 bits per heavy atom. The average Bonchev–Trinajstić information content (AvgIpc) is 2.14. The SMILES string of the molecule is CC(C)(C)C(=O)CC(=O)C(=O)CC(=O)C(C)(C)C. The first-order chi connectivity index (χ1) is 7.85. The second-order valence-corrected chi connectivity index (χ2v) is 6.55. The normalized spacial score (nSPS) is 12.1. The van der Waals surface area contributed by atoms with Crippen LogP contribution in [0.1, 0.15) is 54.4 Å². The standard InChI is InChI=1S/C14H22O4/c1-13(2,3)11(17)7-9(15)10(16)8-12(18)14(4,5)6/h7-8H2,1-6H3. The molecule has 0 aliphatic heterocycles. The van der Waals surface area contributed by atoms with Crippen molar-refractivity contribution in [3.05, 3.63) is 0 Å². The van der Waals surface area contributed by atoms with Crippen LogP contribution in [0.25, 0.3) is 0 Å². The summed E-state index contributed by atoms with van der Waals surface area (Å²) in [5.74, 6) is -2.12. The van der Waals surface area contributed by atoms with Gasteiger partial charge in [0.15, 0.2) is 0 Å². The van der Waals surface area contributed by atoms with Gasteiger partial charge in [0.1, 0.15) is 11.6 Å². The molecule has 0 atom stereocenters. The lowest BCUT2D eigenvalue weighted by Gasteiger charge is -2.17. The van der Waals surface area contributed by atoms with Crippen LogP contribution in [0, 0.1) is 10.8 Å². The third kappa shape index (κ3) is 5.34. The van der Waals surface area contributed by atoms with Crippen molar-refractivity contribution in [3.8, 4) is 0 Å². The number of ketones is 4. The fourth-order valence-corrected chi connectivity index (χ4v) is 1.02. The molecule has 0 amide bonds. The van der Waals surface area contributed by atoms with Gasteiger partial charge in [-0.1, -0.05) is 41.5 Å². The maximum atomic E-state index is 11.6. The molecule has 0 fully saturated rings. The van der Waals surface area contributed by atoms with Crippen molar-refractivity contribution in [1.82, 2.24) is 0 Å². The highest BCUT2D eigenvalue weighted by atomic mass is 16.2. The van der Waals surface area contributed by atoms with E-state index in [4.69, 9.17) is 0 Å². The van der Waals surface area contributed by atoms with Gasteiger partial charge in [-0.25, -0.2) is 0 Å². The monoisotopic (exact) mass is 254 g/mol. The number of carbonyl (C=O) groups excluding carboxylic acids is 4. The Hall–Kier alpha value is -1.32. The van der Waals surface area contributed by atoms with E-state index in [1.54, 1.807) is 41.5 Å². The van der Waals surface area contributed by atoms with Crippen LogP contribution >= 0.6 is 0 Å². The van der Waals surface area contributed by atoms with Crippen LogP contribution in [0.3, 0.4) is 0 Å². The Morgan fingerprint density at radius 1 is 0.611 bits per heavy atom. The molecular weight excluding hydrogens is 232 g/mol. The molecule has 0 bridgehead atoms. The minimum Gasteiger partial charge on any atom is -0.299 e. The van der Waals surface area contributed by atoms with E-state index in [1.807, 2.05) is 0 Å². The van der Waals surface area contributed by atoms with Crippen molar-refractivity contribution in [3.63, 3.8) is 0 Å². The van der Waals surface area contributed by atoms with Crippen LogP contribution in [-0.4, -0.2) is 23.1 Å². The molecule has 4 heteroatoms. The zero-order valence-corrected chi connectivity index (χ0v) is 12.0. The van der Waals surface area contributed by atoms with Gasteiger partial charge in [-0.2, -0.15) is 0 Å². The maximum Gasteiger partial charge on any atom is 0.206 e. The number of rotatable bonds is 5. The van der Waals surface area contributed by atoms with Gasteiger partial charge in [0, 0.05) is 10.8 Å². The molecule has 102 valence electrons. The highest BCUT2D eigenvalue weighted by molar-refractivity contribution is 6.43. The largest absolute Gasteiger partial charge is 0.299 e. The quantitative estimate of drug-likeness (QED) is 0.556. The topological polar surface area (TPSA) is 68.3 Å². The lowest BCUT2D eigenvalue weighted by Crippen LogP contribution is -2.30. The van der Waals surface area contributed by atoms with E-state index >= 15 is 0 Å². The molecule has 4 nitrogen and oxygen atoms in total. The van der Waals surface area contributed by atoms with Gasteiger partial charge < -0.3 is 0 Å². The number of carbonyl (C=O) groups is 4. The molecule has 0 unspecified atom stereocenters. The summed E-state index contributed by atoms with van der Waals surface area (Å²) in [5, 5.41) is 0. The molecule has 0 aliphatic carbocycles. The van der Waals surface area contributed by atoms with E-state index in [1.165, 1.54) is 0 Å². The van der Waals surface area contributed by atoms with Crippen LogP contribution in [0.5, 0.6) is 0 Å². The molecular formula is C14H22O4. The molecule has 0 aromatic heterocycles. The zero-order valence-electron chi connectivity index (χ0n) is 12.0.